The molecule has 0 fully saturated rings. The summed E-state index contributed by atoms with van der Waals surface area (Å²) in [5.74, 6) is -2.45. The van der Waals surface area contributed by atoms with Crippen molar-refractivity contribution < 1.29 is 24.6 Å². The van der Waals surface area contributed by atoms with Crippen LogP contribution in [0.25, 0.3) is 0 Å². The highest BCUT2D eigenvalue weighted by Gasteiger charge is 2.36. The van der Waals surface area contributed by atoms with Gasteiger partial charge in [-0.3, -0.25) is 14.4 Å². The molecule has 0 aliphatic carbocycles. The largest absolute Gasteiger partial charge is 0.481 e. The van der Waals surface area contributed by atoms with Gasteiger partial charge in [-0.25, -0.2) is 0 Å². The van der Waals surface area contributed by atoms with Crippen LogP contribution in [0.4, 0.5) is 0 Å². The number of carboxylic acid groups (broad SMARTS) is 2. The van der Waals surface area contributed by atoms with Gasteiger partial charge in [0.25, 0.3) is 0 Å². The van der Waals surface area contributed by atoms with Crippen LogP contribution in [0.3, 0.4) is 0 Å². The summed E-state index contributed by atoms with van der Waals surface area (Å²) in [5.41, 5.74) is -1.50. The number of carboxylic acids is 2. The van der Waals surface area contributed by atoms with Crippen LogP contribution in [0.2, 0.25) is 0 Å². The fourth-order valence-corrected chi connectivity index (χ4v) is 1.29. The SMILES string of the molecule is CC(CNC(=O)CCCCl)(CC(=O)O)C(=O)O. The van der Waals surface area contributed by atoms with E-state index in [1.54, 1.807) is 0 Å². The number of hydrogen-bond donors (Lipinski definition) is 3. The zero-order chi connectivity index (χ0) is 13.5. The molecular weight excluding hydrogens is 250 g/mol. The lowest BCUT2D eigenvalue weighted by Crippen LogP contribution is -2.42. The van der Waals surface area contributed by atoms with Crippen molar-refractivity contribution in [1.29, 1.82) is 0 Å². The molecule has 0 radical (unpaired) electrons. The van der Waals surface area contributed by atoms with Gasteiger partial charge in [0.2, 0.25) is 5.91 Å². The standard InChI is InChI=1S/C10H16ClNO5/c1-10(9(16)17,5-8(14)15)6-12-7(13)3-2-4-11/h2-6H2,1H3,(H,12,13)(H,14,15)(H,16,17). The molecule has 0 spiro atoms. The van der Waals surface area contributed by atoms with E-state index in [9.17, 15) is 14.4 Å². The molecule has 1 amide bonds. The van der Waals surface area contributed by atoms with Gasteiger partial charge in [0, 0.05) is 18.8 Å². The summed E-state index contributed by atoms with van der Waals surface area (Å²) < 4.78 is 0. The lowest BCUT2D eigenvalue weighted by Gasteiger charge is -2.22. The van der Waals surface area contributed by atoms with Crippen molar-refractivity contribution in [2.24, 2.45) is 5.41 Å². The van der Waals surface area contributed by atoms with Gasteiger partial charge in [-0.1, -0.05) is 0 Å². The number of rotatable bonds is 8. The van der Waals surface area contributed by atoms with Gasteiger partial charge < -0.3 is 15.5 Å². The fraction of sp³-hybridized carbons (Fsp3) is 0.700. The Labute approximate surface area is 104 Å². The number of carbonyl (C=O) groups excluding carboxylic acids is 1. The Balaban J connectivity index is 4.32. The molecule has 0 bridgehead atoms. The van der Waals surface area contributed by atoms with E-state index >= 15 is 0 Å². The lowest BCUT2D eigenvalue weighted by molar-refractivity contribution is -0.154. The van der Waals surface area contributed by atoms with Gasteiger partial charge in [-0.2, -0.15) is 0 Å². The second-order valence-corrected chi connectivity index (χ2v) is 4.38. The smallest absolute Gasteiger partial charge is 0.311 e. The average molecular weight is 266 g/mol. The van der Waals surface area contributed by atoms with Gasteiger partial charge in [0.15, 0.2) is 0 Å². The summed E-state index contributed by atoms with van der Waals surface area (Å²) in [6.45, 7) is 1.07. The highest BCUT2D eigenvalue weighted by Crippen LogP contribution is 2.20. The molecule has 7 heteroatoms. The van der Waals surface area contributed by atoms with Crippen LogP contribution < -0.4 is 5.32 Å². The van der Waals surface area contributed by atoms with Crippen molar-refractivity contribution in [3.05, 3.63) is 0 Å². The molecule has 0 aromatic carbocycles. The molecule has 98 valence electrons. The number of alkyl halides is 1. The third-order valence-electron chi connectivity index (χ3n) is 2.27. The Morgan fingerprint density at radius 2 is 1.88 bits per heavy atom. The van der Waals surface area contributed by atoms with E-state index in [0.29, 0.717) is 12.3 Å². The zero-order valence-corrected chi connectivity index (χ0v) is 10.3. The fourth-order valence-electron chi connectivity index (χ4n) is 1.16. The molecule has 17 heavy (non-hydrogen) atoms. The molecule has 0 aromatic rings. The van der Waals surface area contributed by atoms with Crippen LogP contribution in [-0.4, -0.2) is 40.5 Å². The Morgan fingerprint density at radius 3 is 2.29 bits per heavy atom. The Morgan fingerprint density at radius 1 is 1.29 bits per heavy atom. The van der Waals surface area contributed by atoms with Gasteiger partial charge >= 0.3 is 11.9 Å². The van der Waals surface area contributed by atoms with E-state index in [1.165, 1.54) is 6.92 Å². The Bertz CT molecular complexity index is 307. The first-order valence-corrected chi connectivity index (χ1v) is 5.63. The number of nitrogens with one attached hydrogen (secondary N) is 1. The van der Waals surface area contributed by atoms with Crippen LogP contribution in [-0.2, 0) is 14.4 Å². The van der Waals surface area contributed by atoms with Crippen molar-refractivity contribution >= 4 is 29.4 Å². The first-order valence-electron chi connectivity index (χ1n) is 5.09. The van der Waals surface area contributed by atoms with E-state index in [1.807, 2.05) is 0 Å². The zero-order valence-electron chi connectivity index (χ0n) is 9.53. The molecule has 3 N–H and O–H groups in total. The van der Waals surface area contributed by atoms with E-state index in [4.69, 9.17) is 21.8 Å². The number of hydrogen-bond acceptors (Lipinski definition) is 3. The molecule has 0 aromatic heterocycles. The van der Waals surface area contributed by atoms with E-state index in [-0.39, 0.29) is 18.9 Å². The summed E-state index contributed by atoms with van der Waals surface area (Å²) >= 11 is 5.40. The van der Waals surface area contributed by atoms with Crippen molar-refractivity contribution in [1.82, 2.24) is 5.32 Å². The average Bonchev–Trinajstić information content (AvgIpc) is 2.22. The summed E-state index contributed by atoms with van der Waals surface area (Å²) in [7, 11) is 0. The molecule has 0 saturated carbocycles. The number of amides is 1. The molecule has 1 atom stereocenters. The topological polar surface area (TPSA) is 104 Å². The van der Waals surface area contributed by atoms with Gasteiger partial charge in [0.1, 0.15) is 0 Å². The Hall–Kier alpha value is -1.30. The molecule has 0 heterocycles. The lowest BCUT2D eigenvalue weighted by atomic mass is 9.87. The third kappa shape index (κ3) is 6.11. The second kappa shape index (κ2) is 7.11. The molecular formula is C10H16ClNO5. The minimum absolute atomic E-state index is 0.201. The van der Waals surface area contributed by atoms with E-state index in [0.717, 1.165) is 0 Å². The minimum Gasteiger partial charge on any atom is -0.481 e. The van der Waals surface area contributed by atoms with Crippen LogP contribution in [0, 0.1) is 5.41 Å². The first-order chi connectivity index (χ1) is 7.81. The number of halogens is 1. The molecule has 0 rings (SSSR count). The van der Waals surface area contributed by atoms with Crippen molar-refractivity contribution in [2.75, 3.05) is 12.4 Å². The third-order valence-corrected chi connectivity index (χ3v) is 2.54. The summed E-state index contributed by atoms with van der Waals surface area (Å²) in [6.07, 6.45) is 0.153. The van der Waals surface area contributed by atoms with Crippen LogP contribution in [0.5, 0.6) is 0 Å². The first kappa shape index (κ1) is 15.7. The highest BCUT2D eigenvalue weighted by molar-refractivity contribution is 6.17. The monoisotopic (exact) mass is 265 g/mol. The normalized spacial score (nSPS) is 13.8. The predicted molar refractivity (Wildman–Crippen MR) is 61.0 cm³/mol. The maximum Gasteiger partial charge on any atom is 0.311 e. The summed E-state index contributed by atoms with van der Waals surface area (Å²) in [6, 6.07) is 0. The maximum absolute atomic E-state index is 11.2. The van der Waals surface area contributed by atoms with Crippen molar-refractivity contribution in [3.63, 3.8) is 0 Å². The van der Waals surface area contributed by atoms with E-state index < -0.39 is 23.8 Å². The van der Waals surface area contributed by atoms with Crippen molar-refractivity contribution in [2.45, 2.75) is 26.2 Å². The van der Waals surface area contributed by atoms with Crippen LogP contribution in [0.15, 0.2) is 0 Å². The minimum atomic E-state index is -1.50. The molecule has 6 nitrogen and oxygen atoms in total. The van der Waals surface area contributed by atoms with Crippen LogP contribution in [0.1, 0.15) is 26.2 Å². The summed E-state index contributed by atoms with van der Waals surface area (Å²) in [5, 5.41) is 19.9. The highest BCUT2D eigenvalue weighted by atomic mass is 35.5. The van der Waals surface area contributed by atoms with Gasteiger partial charge in [-0.15, -0.1) is 11.6 Å². The Kier molecular flexibility index (Phi) is 6.57. The van der Waals surface area contributed by atoms with E-state index in [2.05, 4.69) is 5.32 Å². The molecule has 0 aliphatic heterocycles. The molecule has 0 aliphatic rings. The quantitative estimate of drug-likeness (QED) is 0.560. The summed E-state index contributed by atoms with van der Waals surface area (Å²) in [4.78, 5) is 32.7. The molecule has 0 saturated heterocycles. The van der Waals surface area contributed by atoms with Crippen molar-refractivity contribution in [3.8, 4) is 0 Å². The second-order valence-electron chi connectivity index (χ2n) is 4.01. The number of aliphatic carboxylic acids is 2. The maximum atomic E-state index is 11.2. The molecule has 1 unspecified atom stereocenters. The van der Waals surface area contributed by atoms with Gasteiger partial charge in [0.05, 0.1) is 11.8 Å². The number of carbonyl (C=O) groups is 3. The predicted octanol–water partition coefficient (Wildman–Crippen LogP) is 0.687. The van der Waals surface area contributed by atoms with Gasteiger partial charge in [-0.05, 0) is 13.3 Å². The van der Waals surface area contributed by atoms with Crippen LogP contribution >= 0.6 is 11.6 Å².